The molecule has 0 spiro atoms. The lowest BCUT2D eigenvalue weighted by molar-refractivity contribution is -0.138. The maximum atomic E-state index is 13.3. The predicted octanol–water partition coefficient (Wildman–Crippen LogP) is 6.68. The minimum absolute atomic E-state index is 0.259. The van der Waals surface area contributed by atoms with Crippen molar-refractivity contribution < 1.29 is 23.0 Å². The number of nitrogens with one attached hydrogen (secondary N) is 1. The lowest BCUT2D eigenvalue weighted by atomic mass is 9.81. The van der Waals surface area contributed by atoms with Crippen LogP contribution in [0.4, 0.5) is 13.2 Å². The topological polar surface area (TPSA) is 45.2 Å². The Morgan fingerprint density at radius 1 is 1.19 bits per heavy atom. The van der Waals surface area contributed by atoms with E-state index < -0.39 is 23.2 Å². The van der Waals surface area contributed by atoms with Crippen LogP contribution in [-0.2, 0) is 12.6 Å². The van der Waals surface area contributed by atoms with Crippen molar-refractivity contribution in [2.45, 2.75) is 31.9 Å². The Kier molecular flexibility index (Phi) is 4.46. The van der Waals surface area contributed by atoms with Gasteiger partial charge in [-0.25, -0.2) is 0 Å². The second-order valence-electron chi connectivity index (χ2n) is 6.93. The van der Waals surface area contributed by atoms with Crippen molar-refractivity contribution in [1.29, 1.82) is 0 Å². The van der Waals surface area contributed by atoms with Crippen LogP contribution >= 0.6 is 11.6 Å². The van der Waals surface area contributed by atoms with Crippen molar-refractivity contribution in [3.63, 3.8) is 0 Å². The summed E-state index contributed by atoms with van der Waals surface area (Å²) in [6, 6.07) is 6.73. The van der Waals surface area contributed by atoms with Crippen molar-refractivity contribution in [1.82, 2.24) is 4.98 Å². The number of aromatic nitrogens is 1. The number of hydrogen-bond donors (Lipinski definition) is 2. The number of benzene rings is 2. The number of ether oxygens (including phenoxy) is 1. The lowest BCUT2D eigenvalue weighted by Gasteiger charge is -2.24. The van der Waals surface area contributed by atoms with Gasteiger partial charge in [0.1, 0.15) is 17.1 Å². The summed E-state index contributed by atoms with van der Waals surface area (Å²) in [5.41, 5.74) is 0.925. The zero-order chi connectivity index (χ0) is 19.2. The van der Waals surface area contributed by atoms with Crippen LogP contribution in [0.25, 0.3) is 10.9 Å². The number of hydrogen-bond acceptors (Lipinski definition) is 2. The first-order chi connectivity index (χ1) is 12.8. The highest BCUT2D eigenvalue weighted by Gasteiger charge is 2.36. The molecule has 1 aliphatic carbocycles. The lowest BCUT2D eigenvalue weighted by Crippen LogP contribution is -2.13. The molecular formula is C20H17ClF3NO2. The minimum Gasteiger partial charge on any atom is -0.508 e. The molecule has 0 radical (unpaired) electrons. The molecule has 2 N–H and O–H groups in total. The Bertz CT molecular complexity index is 993. The molecule has 7 heteroatoms. The average molecular weight is 396 g/mol. The van der Waals surface area contributed by atoms with E-state index in [1.165, 1.54) is 19.3 Å². The van der Waals surface area contributed by atoms with Crippen molar-refractivity contribution in [2.24, 2.45) is 5.92 Å². The van der Waals surface area contributed by atoms with Crippen LogP contribution in [0.3, 0.4) is 0 Å². The number of rotatable bonds is 4. The summed E-state index contributed by atoms with van der Waals surface area (Å²) in [5.74, 6) is -0.159. The van der Waals surface area contributed by atoms with Gasteiger partial charge in [-0.15, -0.1) is 0 Å². The molecule has 0 atom stereocenters. The monoisotopic (exact) mass is 395 g/mol. The molecule has 4 rings (SSSR count). The largest absolute Gasteiger partial charge is 0.508 e. The van der Waals surface area contributed by atoms with E-state index in [0.717, 1.165) is 29.0 Å². The molecule has 1 saturated carbocycles. The second kappa shape index (κ2) is 6.68. The fourth-order valence-corrected chi connectivity index (χ4v) is 3.66. The number of halogens is 4. The molecule has 0 saturated heterocycles. The van der Waals surface area contributed by atoms with E-state index in [-0.39, 0.29) is 10.8 Å². The van der Waals surface area contributed by atoms with Crippen LogP contribution in [0, 0.1) is 5.92 Å². The van der Waals surface area contributed by atoms with Gasteiger partial charge < -0.3 is 14.8 Å². The Hall–Kier alpha value is -2.34. The van der Waals surface area contributed by atoms with E-state index in [1.54, 1.807) is 18.2 Å². The van der Waals surface area contributed by atoms with Crippen molar-refractivity contribution in [3.8, 4) is 17.2 Å². The summed E-state index contributed by atoms with van der Waals surface area (Å²) in [4.78, 5) is 3.19. The number of aromatic hydroxyl groups is 1. The molecule has 27 heavy (non-hydrogen) atoms. The maximum absolute atomic E-state index is 13.3. The van der Waals surface area contributed by atoms with Gasteiger partial charge in [-0.2, -0.15) is 13.2 Å². The highest BCUT2D eigenvalue weighted by Crippen LogP contribution is 2.44. The van der Waals surface area contributed by atoms with E-state index in [1.807, 2.05) is 6.20 Å². The first-order valence-electron chi connectivity index (χ1n) is 8.69. The molecule has 1 fully saturated rings. The molecule has 3 nitrogen and oxygen atoms in total. The van der Waals surface area contributed by atoms with Gasteiger partial charge in [0.05, 0.1) is 5.02 Å². The van der Waals surface area contributed by atoms with E-state index in [9.17, 15) is 18.3 Å². The maximum Gasteiger partial charge on any atom is 0.420 e. The van der Waals surface area contributed by atoms with Gasteiger partial charge >= 0.3 is 6.18 Å². The van der Waals surface area contributed by atoms with Crippen molar-refractivity contribution >= 4 is 22.5 Å². The smallest absolute Gasteiger partial charge is 0.420 e. The van der Waals surface area contributed by atoms with Crippen LogP contribution in [0.15, 0.2) is 36.5 Å². The first kappa shape index (κ1) is 18.0. The molecule has 0 amide bonds. The number of phenols is 1. The van der Waals surface area contributed by atoms with Crippen molar-refractivity contribution in [2.75, 3.05) is 0 Å². The van der Waals surface area contributed by atoms with Gasteiger partial charge in [0.25, 0.3) is 0 Å². The standard InChI is InChI=1S/C20H17ClF3NO2/c21-17-8-13(26)7-16(20(22,23)24)19(17)27-14-4-5-18-15(9-14)12(10-25-18)6-11-2-1-3-11/h4-5,7-11,25-26H,1-3,6H2. The quantitative estimate of drug-likeness (QED) is 0.517. The van der Waals surface area contributed by atoms with E-state index in [2.05, 4.69) is 4.98 Å². The van der Waals surface area contributed by atoms with Gasteiger partial charge in [0.15, 0.2) is 5.75 Å². The van der Waals surface area contributed by atoms with Gasteiger partial charge in [0.2, 0.25) is 0 Å². The SMILES string of the molecule is Oc1cc(Cl)c(Oc2ccc3[nH]cc(CC4CCC4)c3c2)c(C(F)(F)F)c1. The number of aromatic amines is 1. The molecule has 2 aromatic carbocycles. The summed E-state index contributed by atoms with van der Waals surface area (Å²) >= 11 is 5.92. The molecule has 0 aliphatic heterocycles. The highest BCUT2D eigenvalue weighted by molar-refractivity contribution is 6.32. The van der Waals surface area contributed by atoms with E-state index in [0.29, 0.717) is 12.0 Å². The number of fused-ring (bicyclic) bond motifs is 1. The minimum atomic E-state index is -4.70. The van der Waals surface area contributed by atoms with Gasteiger partial charge in [-0.3, -0.25) is 0 Å². The molecule has 0 bridgehead atoms. The first-order valence-corrected chi connectivity index (χ1v) is 9.06. The highest BCUT2D eigenvalue weighted by atomic mass is 35.5. The number of H-pyrrole nitrogens is 1. The Morgan fingerprint density at radius 3 is 2.63 bits per heavy atom. The Morgan fingerprint density at radius 2 is 1.96 bits per heavy atom. The number of phenolic OH excluding ortho intramolecular Hbond substituents is 1. The van der Waals surface area contributed by atoms with Crippen LogP contribution in [-0.4, -0.2) is 10.1 Å². The Labute approximate surface area is 158 Å². The molecule has 142 valence electrons. The third-order valence-corrected chi connectivity index (χ3v) is 5.31. The van der Waals surface area contributed by atoms with E-state index in [4.69, 9.17) is 16.3 Å². The zero-order valence-electron chi connectivity index (χ0n) is 14.2. The predicted molar refractivity (Wildman–Crippen MR) is 97.5 cm³/mol. The third kappa shape index (κ3) is 3.58. The second-order valence-corrected chi connectivity index (χ2v) is 7.33. The summed E-state index contributed by atoms with van der Waals surface area (Å²) in [7, 11) is 0. The van der Waals surface area contributed by atoms with Crippen LogP contribution < -0.4 is 4.74 Å². The summed E-state index contributed by atoms with van der Waals surface area (Å²) in [6.07, 6.45) is 1.85. The van der Waals surface area contributed by atoms with Crippen LogP contribution in [0.1, 0.15) is 30.4 Å². The molecule has 0 unspecified atom stereocenters. The molecule has 1 aromatic heterocycles. The Balaban J connectivity index is 1.70. The molecule has 1 heterocycles. The summed E-state index contributed by atoms with van der Waals surface area (Å²) < 4.78 is 45.5. The summed E-state index contributed by atoms with van der Waals surface area (Å²) in [6.45, 7) is 0. The zero-order valence-corrected chi connectivity index (χ0v) is 15.0. The van der Waals surface area contributed by atoms with Gasteiger partial charge in [-0.1, -0.05) is 30.9 Å². The normalized spacial score (nSPS) is 15.1. The average Bonchev–Trinajstić information content (AvgIpc) is 2.94. The van der Waals surface area contributed by atoms with Crippen LogP contribution in [0.5, 0.6) is 17.2 Å². The fraction of sp³-hybridized carbons (Fsp3) is 0.300. The summed E-state index contributed by atoms with van der Waals surface area (Å²) in [5, 5.41) is 10.1. The van der Waals surface area contributed by atoms with Crippen LogP contribution in [0.2, 0.25) is 5.02 Å². The van der Waals surface area contributed by atoms with Gasteiger partial charge in [0, 0.05) is 23.2 Å². The fourth-order valence-electron chi connectivity index (χ4n) is 3.41. The third-order valence-electron chi connectivity index (χ3n) is 5.03. The molecular weight excluding hydrogens is 379 g/mol. The van der Waals surface area contributed by atoms with E-state index >= 15 is 0 Å². The molecule has 1 aliphatic rings. The number of alkyl halides is 3. The van der Waals surface area contributed by atoms with Gasteiger partial charge in [-0.05, 0) is 42.2 Å². The molecule has 3 aromatic rings. The van der Waals surface area contributed by atoms with Crippen molar-refractivity contribution in [3.05, 3.63) is 52.7 Å².